The van der Waals surface area contributed by atoms with Gasteiger partial charge in [-0.2, -0.15) is 0 Å². The molecule has 19 heavy (non-hydrogen) atoms. The molecular weight excluding hydrogens is 246 g/mol. The van der Waals surface area contributed by atoms with Gasteiger partial charge < -0.3 is 19.5 Å². The fourth-order valence-corrected chi connectivity index (χ4v) is 2.77. The van der Waals surface area contributed by atoms with Crippen LogP contribution in [0.5, 0.6) is 0 Å². The molecule has 0 aromatic rings. The van der Waals surface area contributed by atoms with E-state index in [2.05, 4.69) is 5.32 Å². The monoisotopic (exact) mass is 271 g/mol. The number of esters is 1. The van der Waals surface area contributed by atoms with Gasteiger partial charge in [0.15, 0.2) is 0 Å². The van der Waals surface area contributed by atoms with Crippen LogP contribution in [0.2, 0.25) is 0 Å². The maximum Gasteiger partial charge on any atom is 0.323 e. The summed E-state index contributed by atoms with van der Waals surface area (Å²) >= 11 is 0. The predicted molar refractivity (Wildman–Crippen MR) is 70.9 cm³/mol. The van der Waals surface area contributed by atoms with Gasteiger partial charge in [0.05, 0.1) is 19.3 Å². The van der Waals surface area contributed by atoms with E-state index >= 15 is 0 Å². The standard InChI is InChI=1S/C14H25NO4/c1-2-18-14(16)13(11-5-3-7-17-10-11)15-9-12-6-4-8-19-12/h11-13,15H,2-10H2,1H3. The molecule has 0 bridgehead atoms. The third kappa shape index (κ3) is 4.44. The molecule has 1 N–H and O–H groups in total. The first-order chi connectivity index (χ1) is 9.31. The van der Waals surface area contributed by atoms with Crippen molar-refractivity contribution in [1.29, 1.82) is 0 Å². The summed E-state index contributed by atoms with van der Waals surface area (Å²) in [6, 6.07) is -0.260. The number of carbonyl (C=O) groups excluding carboxylic acids is 1. The zero-order valence-corrected chi connectivity index (χ0v) is 11.7. The molecule has 110 valence electrons. The summed E-state index contributed by atoms with van der Waals surface area (Å²) in [4.78, 5) is 12.1. The molecule has 5 nitrogen and oxygen atoms in total. The summed E-state index contributed by atoms with van der Waals surface area (Å²) in [6.45, 7) is 5.26. The Morgan fingerprint density at radius 3 is 2.84 bits per heavy atom. The summed E-state index contributed by atoms with van der Waals surface area (Å²) in [7, 11) is 0. The molecule has 2 aliphatic rings. The molecule has 3 unspecified atom stereocenters. The minimum absolute atomic E-state index is 0.156. The number of hydrogen-bond donors (Lipinski definition) is 1. The Hall–Kier alpha value is -0.650. The van der Waals surface area contributed by atoms with E-state index < -0.39 is 0 Å². The minimum Gasteiger partial charge on any atom is -0.465 e. The van der Waals surface area contributed by atoms with E-state index in [1.807, 2.05) is 6.92 Å². The van der Waals surface area contributed by atoms with Crippen molar-refractivity contribution in [3.8, 4) is 0 Å². The van der Waals surface area contributed by atoms with Crippen LogP contribution < -0.4 is 5.32 Å². The Balaban J connectivity index is 1.86. The average Bonchev–Trinajstić information content (AvgIpc) is 2.94. The van der Waals surface area contributed by atoms with Crippen LogP contribution >= 0.6 is 0 Å². The maximum atomic E-state index is 12.1. The van der Waals surface area contributed by atoms with E-state index in [1.54, 1.807) is 0 Å². The molecule has 2 saturated heterocycles. The smallest absolute Gasteiger partial charge is 0.323 e. The SMILES string of the molecule is CCOC(=O)C(NCC1CCCO1)C1CCCOC1. The van der Waals surface area contributed by atoms with Crippen molar-refractivity contribution in [2.24, 2.45) is 5.92 Å². The van der Waals surface area contributed by atoms with Crippen molar-refractivity contribution < 1.29 is 19.0 Å². The lowest BCUT2D eigenvalue weighted by atomic mass is 9.93. The van der Waals surface area contributed by atoms with Crippen LogP contribution in [0, 0.1) is 5.92 Å². The van der Waals surface area contributed by atoms with E-state index in [0.717, 1.165) is 45.4 Å². The molecule has 0 spiro atoms. The third-order valence-electron chi connectivity index (χ3n) is 3.80. The van der Waals surface area contributed by atoms with Crippen molar-refractivity contribution >= 4 is 5.97 Å². The minimum atomic E-state index is -0.260. The first-order valence-corrected chi connectivity index (χ1v) is 7.40. The molecule has 2 rings (SSSR count). The highest BCUT2D eigenvalue weighted by atomic mass is 16.5. The number of hydrogen-bond acceptors (Lipinski definition) is 5. The van der Waals surface area contributed by atoms with Gasteiger partial charge in [0, 0.05) is 25.7 Å². The second-order valence-electron chi connectivity index (χ2n) is 5.25. The number of ether oxygens (including phenoxy) is 3. The van der Waals surface area contributed by atoms with Crippen LogP contribution in [0.15, 0.2) is 0 Å². The first-order valence-electron chi connectivity index (χ1n) is 7.40. The molecule has 2 aliphatic heterocycles. The van der Waals surface area contributed by atoms with Crippen molar-refractivity contribution in [3.05, 3.63) is 0 Å². The molecule has 0 saturated carbocycles. The van der Waals surface area contributed by atoms with Crippen LogP contribution in [0.3, 0.4) is 0 Å². The Kier molecular flexibility index (Phi) is 6.07. The number of nitrogens with one attached hydrogen (secondary N) is 1. The summed E-state index contributed by atoms with van der Waals surface area (Å²) in [5.74, 6) is 0.0604. The largest absolute Gasteiger partial charge is 0.465 e. The van der Waals surface area contributed by atoms with E-state index in [9.17, 15) is 4.79 Å². The maximum absolute atomic E-state index is 12.1. The van der Waals surface area contributed by atoms with Crippen LogP contribution in [0.25, 0.3) is 0 Å². The van der Waals surface area contributed by atoms with Gasteiger partial charge in [0.1, 0.15) is 6.04 Å². The van der Waals surface area contributed by atoms with Gasteiger partial charge in [-0.1, -0.05) is 0 Å². The lowest BCUT2D eigenvalue weighted by molar-refractivity contribution is -0.149. The van der Waals surface area contributed by atoms with Crippen LogP contribution in [0.1, 0.15) is 32.6 Å². The topological polar surface area (TPSA) is 56.8 Å². The van der Waals surface area contributed by atoms with Crippen LogP contribution in [-0.4, -0.2) is 51.1 Å². The summed E-state index contributed by atoms with van der Waals surface area (Å²) in [5, 5.41) is 3.34. The summed E-state index contributed by atoms with van der Waals surface area (Å²) in [5.41, 5.74) is 0. The van der Waals surface area contributed by atoms with Crippen molar-refractivity contribution in [3.63, 3.8) is 0 Å². The van der Waals surface area contributed by atoms with Gasteiger partial charge in [-0.05, 0) is 32.6 Å². The van der Waals surface area contributed by atoms with Gasteiger partial charge in [0.2, 0.25) is 0 Å². The molecule has 0 aromatic carbocycles. The summed E-state index contributed by atoms with van der Waals surface area (Å²) < 4.78 is 16.2. The van der Waals surface area contributed by atoms with Crippen molar-refractivity contribution in [2.75, 3.05) is 33.0 Å². The molecule has 3 atom stereocenters. The Bertz CT molecular complexity index is 273. The molecule has 5 heteroatoms. The van der Waals surface area contributed by atoms with E-state index in [-0.39, 0.29) is 24.0 Å². The second kappa shape index (κ2) is 7.82. The highest BCUT2D eigenvalue weighted by molar-refractivity contribution is 5.76. The summed E-state index contributed by atoms with van der Waals surface area (Å²) in [6.07, 6.45) is 4.46. The van der Waals surface area contributed by atoms with Gasteiger partial charge in [-0.15, -0.1) is 0 Å². The Morgan fingerprint density at radius 2 is 2.21 bits per heavy atom. The van der Waals surface area contributed by atoms with Gasteiger partial charge >= 0.3 is 5.97 Å². The van der Waals surface area contributed by atoms with E-state index in [0.29, 0.717) is 13.2 Å². The average molecular weight is 271 g/mol. The lowest BCUT2D eigenvalue weighted by Crippen LogP contribution is -2.49. The predicted octanol–water partition coefficient (Wildman–Crippen LogP) is 1.11. The quantitative estimate of drug-likeness (QED) is 0.734. The lowest BCUT2D eigenvalue weighted by Gasteiger charge is -2.30. The molecule has 0 aliphatic carbocycles. The number of carbonyl (C=O) groups is 1. The molecule has 2 heterocycles. The Labute approximate surface area is 115 Å². The van der Waals surface area contributed by atoms with Crippen LogP contribution in [-0.2, 0) is 19.0 Å². The van der Waals surface area contributed by atoms with Crippen molar-refractivity contribution in [1.82, 2.24) is 5.32 Å². The Morgan fingerprint density at radius 1 is 1.37 bits per heavy atom. The van der Waals surface area contributed by atoms with E-state index in [4.69, 9.17) is 14.2 Å². The molecule has 0 radical (unpaired) electrons. The zero-order valence-electron chi connectivity index (χ0n) is 11.7. The molecule has 0 aromatic heterocycles. The van der Waals surface area contributed by atoms with Gasteiger partial charge in [-0.3, -0.25) is 4.79 Å². The van der Waals surface area contributed by atoms with E-state index in [1.165, 1.54) is 0 Å². The molecule has 2 fully saturated rings. The molecular formula is C14H25NO4. The van der Waals surface area contributed by atoms with Gasteiger partial charge in [0.25, 0.3) is 0 Å². The highest BCUT2D eigenvalue weighted by Crippen LogP contribution is 2.19. The number of rotatable bonds is 6. The third-order valence-corrected chi connectivity index (χ3v) is 3.80. The van der Waals surface area contributed by atoms with Crippen LogP contribution in [0.4, 0.5) is 0 Å². The fraction of sp³-hybridized carbons (Fsp3) is 0.929. The van der Waals surface area contributed by atoms with Gasteiger partial charge in [-0.25, -0.2) is 0 Å². The molecule has 0 amide bonds. The second-order valence-corrected chi connectivity index (χ2v) is 5.25. The fourth-order valence-electron chi connectivity index (χ4n) is 2.77. The highest BCUT2D eigenvalue weighted by Gasteiger charge is 2.31. The zero-order chi connectivity index (χ0) is 13.5. The van der Waals surface area contributed by atoms with Crippen molar-refractivity contribution in [2.45, 2.75) is 44.8 Å². The first kappa shape index (κ1) is 14.8. The normalized spacial score (nSPS) is 29.1.